The Morgan fingerprint density at radius 2 is 1.62 bits per heavy atom. The van der Waals surface area contributed by atoms with E-state index in [1.54, 1.807) is 5.56 Å². The number of nitrogens with zero attached hydrogens (tertiary/aromatic N) is 2. The second kappa shape index (κ2) is 4.56. The molecule has 24 heavy (non-hydrogen) atoms. The first-order valence-corrected chi connectivity index (χ1v) is 9.32. The number of fused-ring (bicyclic) bond motifs is 2. The van der Waals surface area contributed by atoms with E-state index in [1.165, 1.54) is 42.6 Å². The van der Waals surface area contributed by atoms with Crippen LogP contribution in [0, 0.1) is 0 Å². The molecule has 0 saturated heterocycles. The van der Waals surface area contributed by atoms with Gasteiger partial charge in [-0.15, -0.1) is 0 Å². The molecule has 5 rings (SSSR count). The largest absolute Gasteiger partial charge is 0.351 e. The van der Waals surface area contributed by atoms with Gasteiger partial charge in [0.25, 0.3) is 0 Å². The summed E-state index contributed by atoms with van der Waals surface area (Å²) in [7, 11) is 2.33. The van der Waals surface area contributed by atoms with E-state index in [0.717, 1.165) is 0 Å². The zero-order valence-corrected chi connectivity index (χ0v) is 14.9. The van der Waals surface area contributed by atoms with Crippen LogP contribution in [-0.2, 0) is 11.8 Å². The molecule has 0 radical (unpaired) electrons. The van der Waals surface area contributed by atoms with Crippen LogP contribution in [0.1, 0.15) is 44.2 Å². The molecule has 2 aliphatic heterocycles. The average molecular weight is 318 g/mol. The molecule has 2 atom stereocenters. The fourth-order valence-corrected chi connectivity index (χ4v) is 6.25. The molecule has 2 heterocycles. The zero-order chi connectivity index (χ0) is 16.5. The summed E-state index contributed by atoms with van der Waals surface area (Å²) in [6.07, 6.45) is 5.04. The zero-order valence-electron chi connectivity index (χ0n) is 14.9. The summed E-state index contributed by atoms with van der Waals surface area (Å²) >= 11 is 0. The molecule has 124 valence electrons. The lowest BCUT2D eigenvalue weighted by Crippen LogP contribution is -2.69. The standard InChI is InChI=1S/C22H26N2/c1-16(2)24-19-11-6-4-9-17(19)15-21-13-8-14-22(21,24)23(3)20-12-7-5-10-18(20)21/h4-7,9-12,16H,8,13-15H2,1-3H3/t21-,22-/m0/s1. The summed E-state index contributed by atoms with van der Waals surface area (Å²) < 4.78 is 0. The average Bonchev–Trinajstić information content (AvgIpc) is 3.06. The fraction of sp³-hybridized carbons (Fsp3) is 0.455. The van der Waals surface area contributed by atoms with Gasteiger partial charge in [0.15, 0.2) is 0 Å². The molecule has 2 aromatic rings. The van der Waals surface area contributed by atoms with Crippen molar-refractivity contribution in [1.82, 2.24) is 0 Å². The minimum absolute atomic E-state index is 0.0964. The van der Waals surface area contributed by atoms with Crippen LogP contribution in [0.25, 0.3) is 0 Å². The van der Waals surface area contributed by atoms with E-state index in [4.69, 9.17) is 0 Å². The number of para-hydroxylation sites is 2. The molecule has 0 N–H and O–H groups in total. The minimum atomic E-state index is 0.0964. The summed E-state index contributed by atoms with van der Waals surface area (Å²) in [5, 5.41) is 0. The Morgan fingerprint density at radius 1 is 0.917 bits per heavy atom. The summed E-state index contributed by atoms with van der Waals surface area (Å²) in [6, 6.07) is 18.7. The van der Waals surface area contributed by atoms with Gasteiger partial charge >= 0.3 is 0 Å². The molecule has 1 aliphatic carbocycles. The normalized spacial score (nSPS) is 30.2. The fourth-order valence-electron chi connectivity index (χ4n) is 6.25. The van der Waals surface area contributed by atoms with Crippen LogP contribution in [0.4, 0.5) is 11.4 Å². The van der Waals surface area contributed by atoms with E-state index in [2.05, 4.69) is 79.2 Å². The van der Waals surface area contributed by atoms with Crippen molar-refractivity contribution in [2.75, 3.05) is 16.8 Å². The first-order chi connectivity index (χ1) is 11.6. The summed E-state index contributed by atoms with van der Waals surface area (Å²) in [4.78, 5) is 5.37. The van der Waals surface area contributed by atoms with E-state index < -0.39 is 0 Å². The Kier molecular flexibility index (Phi) is 2.73. The molecule has 1 fully saturated rings. The van der Waals surface area contributed by atoms with Crippen molar-refractivity contribution in [1.29, 1.82) is 0 Å². The van der Waals surface area contributed by atoms with Crippen LogP contribution >= 0.6 is 0 Å². The van der Waals surface area contributed by atoms with Crippen molar-refractivity contribution in [2.45, 2.75) is 56.7 Å². The molecule has 0 amide bonds. The number of hydrogen-bond donors (Lipinski definition) is 0. The predicted octanol–water partition coefficient (Wildman–Crippen LogP) is 4.73. The lowest BCUT2D eigenvalue weighted by atomic mass is 9.66. The van der Waals surface area contributed by atoms with Crippen molar-refractivity contribution < 1.29 is 0 Å². The molecule has 2 heteroatoms. The Bertz CT molecular complexity index is 811. The highest BCUT2D eigenvalue weighted by atomic mass is 15.5. The lowest BCUT2D eigenvalue weighted by Gasteiger charge is -2.58. The molecular formula is C22H26N2. The third-order valence-corrected chi connectivity index (χ3v) is 6.89. The van der Waals surface area contributed by atoms with Crippen molar-refractivity contribution in [3.63, 3.8) is 0 Å². The van der Waals surface area contributed by atoms with Crippen LogP contribution in [-0.4, -0.2) is 18.8 Å². The maximum Gasteiger partial charge on any atom is 0.123 e. The van der Waals surface area contributed by atoms with Gasteiger partial charge in [-0.1, -0.05) is 36.4 Å². The van der Waals surface area contributed by atoms with E-state index >= 15 is 0 Å². The van der Waals surface area contributed by atoms with Crippen LogP contribution in [0.15, 0.2) is 48.5 Å². The predicted molar refractivity (Wildman–Crippen MR) is 101 cm³/mol. The van der Waals surface area contributed by atoms with E-state index in [1.807, 2.05) is 0 Å². The van der Waals surface area contributed by atoms with Gasteiger partial charge in [-0.3, -0.25) is 0 Å². The monoisotopic (exact) mass is 318 g/mol. The molecule has 0 bridgehead atoms. The summed E-state index contributed by atoms with van der Waals surface area (Å²) in [6.45, 7) is 4.72. The van der Waals surface area contributed by atoms with Gasteiger partial charge in [0.05, 0.1) is 0 Å². The number of rotatable bonds is 1. The lowest BCUT2D eigenvalue weighted by molar-refractivity contribution is 0.230. The van der Waals surface area contributed by atoms with Gasteiger partial charge in [0.1, 0.15) is 5.66 Å². The van der Waals surface area contributed by atoms with Crippen LogP contribution in [0.2, 0.25) is 0 Å². The molecule has 2 aromatic carbocycles. The second-order valence-electron chi connectivity index (χ2n) is 8.10. The van der Waals surface area contributed by atoms with E-state index in [-0.39, 0.29) is 11.1 Å². The van der Waals surface area contributed by atoms with Gasteiger partial charge in [0.2, 0.25) is 0 Å². The minimum Gasteiger partial charge on any atom is -0.351 e. The van der Waals surface area contributed by atoms with Crippen molar-refractivity contribution >= 4 is 11.4 Å². The third-order valence-electron chi connectivity index (χ3n) is 6.89. The van der Waals surface area contributed by atoms with Crippen molar-refractivity contribution in [2.24, 2.45) is 0 Å². The molecule has 0 aromatic heterocycles. The van der Waals surface area contributed by atoms with Crippen molar-refractivity contribution in [3.05, 3.63) is 59.7 Å². The SMILES string of the molecule is CC(C)N1c2ccccc2C[C@]23CCC[C@]12N(C)c1ccccc13. The summed E-state index contributed by atoms with van der Waals surface area (Å²) in [5.41, 5.74) is 6.32. The van der Waals surface area contributed by atoms with Crippen LogP contribution < -0.4 is 9.80 Å². The highest BCUT2D eigenvalue weighted by Gasteiger charge is 2.68. The molecule has 2 nitrogen and oxygen atoms in total. The Labute approximate surface area is 145 Å². The van der Waals surface area contributed by atoms with Crippen LogP contribution in [0.5, 0.6) is 0 Å². The smallest absolute Gasteiger partial charge is 0.123 e. The van der Waals surface area contributed by atoms with Gasteiger partial charge < -0.3 is 9.80 Å². The van der Waals surface area contributed by atoms with Crippen LogP contribution in [0.3, 0.4) is 0 Å². The van der Waals surface area contributed by atoms with E-state index in [0.29, 0.717) is 6.04 Å². The van der Waals surface area contributed by atoms with E-state index in [9.17, 15) is 0 Å². The maximum absolute atomic E-state index is 2.75. The van der Waals surface area contributed by atoms with Gasteiger partial charge in [-0.2, -0.15) is 0 Å². The molecule has 0 unspecified atom stereocenters. The number of hydrogen-bond acceptors (Lipinski definition) is 2. The Balaban J connectivity index is 1.86. The van der Waals surface area contributed by atoms with Gasteiger partial charge in [0, 0.05) is 29.9 Å². The molecule has 0 spiro atoms. The highest BCUT2D eigenvalue weighted by molar-refractivity contribution is 5.75. The second-order valence-corrected chi connectivity index (χ2v) is 8.10. The van der Waals surface area contributed by atoms with Gasteiger partial charge in [-0.25, -0.2) is 0 Å². The Hall–Kier alpha value is -1.96. The quantitative estimate of drug-likeness (QED) is 0.750. The topological polar surface area (TPSA) is 6.48 Å². The Morgan fingerprint density at radius 3 is 2.42 bits per heavy atom. The summed E-state index contributed by atoms with van der Waals surface area (Å²) in [5.74, 6) is 0. The molecule has 1 saturated carbocycles. The van der Waals surface area contributed by atoms with Crippen molar-refractivity contribution in [3.8, 4) is 0 Å². The number of benzene rings is 2. The molecular weight excluding hydrogens is 292 g/mol. The molecule has 3 aliphatic rings. The maximum atomic E-state index is 2.75. The first-order valence-electron chi connectivity index (χ1n) is 9.32. The number of likely N-dealkylation sites (N-methyl/N-ethyl adjacent to an activating group) is 1. The van der Waals surface area contributed by atoms with Gasteiger partial charge in [-0.05, 0) is 62.8 Å². The highest BCUT2D eigenvalue weighted by Crippen LogP contribution is 2.65. The third kappa shape index (κ3) is 1.40. The first kappa shape index (κ1) is 14.4. The number of anilines is 2.